The number of nitrogens with one attached hydrogen (secondary N) is 1. The Morgan fingerprint density at radius 2 is 2.16 bits per heavy atom. The number of rotatable bonds is 7. The molecule has 1 aliphatic carbocycles. The molecule has 164 valence electrons. The van der Waals surface area contributed by atoms with Gasteiger partial charge in [0.25, 0.3) is 0 Å². The molecular formula is C24H30N4O2S. The molecule has 0 spiro atoms. The number of hydrogen-bond acceptors (Lipinski definition) is 7. The Morgan fingerprint density at radius 3 is 2.94 bits per heavy atom. The maximum atomic E-state index is 9.87. The van der Waals surface area contributed by atoms with Crippen molar-refractivity contribution in [3.05, 3.63) is 40.5 Å². The van der Waals surface area contributed by atoms with Crippen LogP contribution < -0.4 is 10.2 Å². The molecule has 31 heavy (non-hydrogen) atoms. The van der Waals surface area contributed by atoms with Gasteiger partial charge < -0.3 is 9.84 Å². The van der Waals surface area contributed by atoms with Crippen molar-refractivity contribution in [1.29, 1.82) is 0 Å². The molecule has 3 aromatic rings. The summed E-state index contributed by atoms with van der Waals surface area (Å²) in [6, 6.07) is 5.17. The lowest BCUT2D eigenvalue weighted by Gasteiger charge is -2.36. The lowest BCUT2D eigenvalue weighted by Crippen LogP contribution is -2.28. The van der Waals surface area contributed by atoms with Crippen LogP contribution in [0, 0.1) is 11.3 Å². The Kier molecular flexibility index (Phi) is 6.14. The number of phenols is 1. The van der Waals surface area contributed by atoms with Crippen LogP contribution in [-0.2, 0) is 12.8 Å². The summed E-state index contributed by atoms with van der Waals surface area (Å²) in [7, 11) is 0. The molecule has 1 aliphatic rings. The number of fused-ring (bicyclic) bond motifs is 3. The number of phenolic OH excluding ortho intramolecular Hbond substituents is 1. The number of nitrogens with zero attached hydrogens (tertiary/aromatic N) is 3. The molecule has 0 saturated heterocycles. The average molecular weight is 439 g/mol. The number of ether oxygens (including phenoxy) is 1. The lowest BCUT2D eigenvalue weighted by molar-refractivity contribution is 0.184. The quantitative estimate of drug-likeness (QED) is 0.361. The second kappa shape index (κ2) is 8.83. The number of benzene rings is 1. The highest BCUT2D eigenvalue weighted by Gasteiger charge is 2.33. The first-order chi connectivity index (χ1) is 14.9. The fourth-order valence-corrected chi connectivity index (χ4v) is 5.38. The van der Waals surface area contributed by atoms with Gasteiger partial charge in [-0.3, -0.25) is 5.43 Å². The summed E-state index contributed by atoms with van der Waals surface area (Å²) in [5, 5.41) is 15.4. The van der Waals surface area contributed by atoms with Gasteiger partial charge in [-0.25, -0.2) is 9.97 Å². The van der Waals surface area contributed by atoms with Gasteiger partial charge in [-0.15, -0.1) is 11.3 Å². The summed E-state index contributed by atoms with van der Waals surface area (Å²) in [5.74, 6) is 1.98. The van der Waals surface area contributed by atoms with Crippen molar-refractivity contribution in [2.24, 2.45) is 16.4 Å². The third-order valence-corrected chi connectivity index (χ3v) is 7.73. The minimum absolute atomic E-state index is 0.124. The summed E-state index contributed by atoms with van der Waals surface area (Å²) in [6.07, 6.45) is 7.90. The average Bonchev–Trinajstić information content (AvgIpc) is 3.15. The number of aromatic nitrogens is 2. The second-order valence-electron chi connectivity index (χ2n) is 8.72. The Bertz CT molecular complexity index is 1110. The van der Waals surface area contributed by atoms with E-state index in [-0.39, 0.29) is 5.75 Å². The van der Waals surface area contributed by atoms with E-state index >= 15 is 0 Å². The molecule has 7 heteroatoms. The van der Waals surface area contributed by atoms with Crippen LogP contribution in [0.25, 0.3) is 10.2 Å². The number of aryl methyl sites for hydroxylation is 1. The zero-order valence-corrected chi connectivity index (χ0v) is 19.4. The molecule has 0 saturated carbocycles. The van der Waals surface area contributed by atoms with Crippen molar-refractivity contribution in [2.75, 3.05) is 12.0 Å². The van der Waals surface area contributed by atoms with Crippen molar-refractivity contribution >= 4 is 33.6 Å². The smallest absolute Gasteiger partial charge is 0.161 e. The van der Waals surface area contributed by atoms with E-state index in [0.29, 0.717) is 23.7 Å². The second-order valence-corrected chi connectivity index (χ2v) is 9.80. The van der Waals surface area contributed by atoms with Crippen LogP contribution >= 0.6 is 11.3 Å². The lowest BCUT2D eigenvalue weighted by atomic mass is 9.69. The monoisotopic (exact) mass is 438 g/mol. The van der Waals surface area contributed by atoms with E-state index in [1.54, 1.807) is 42.1 Å². The van der Waals surface area contributed by atoms with Crippen LogP contribution in [0.4, 0.5) is 5.82 Å². The predicted octanol–water partition coefficient (Wildman–Crippen LogP) is 5.78. The number of aromatic hydroxyl groups is 1. The first-order valence-electron chi connectivity index (χ1n) is 10.9. The molecule has 2 heterocycles. The van der Waals surface area contributed by atoms with Crippen LogP contribution in [0.15, 0.2) is 29.6 Å². The van der Waals surface area contributed by atoms with Crippen LogP contribution in [0.3, 0.4) is 0 Å². The van der Waals surface area contributed by atoms with Crippen molar-refractivity contribution in [1.82, 2.24) is 9.97 Å². The van der Waals surface area contributed by atoms with Gasteiger partial charge in [-0.1, -0.05) is 27.2 Å². The van der Waals surface area contributed by atoms with E-state index in [9.17, 15) is 5.11 Å². The fourth-order valence-electron chi connectivity index (χ4n) is 4.20. The predicted molar refractivity (Wildman–Crippen MR) is 127 cm³/mol. The van der Waals surface area contributed by atoms with Gasteiger partial charge in [-0.05, 0) is 66.8 Å². The fraction of sp³-hybridized carbons (Fsp3) is 0.458. The number of hydrogen-bond donors (Lipinski definition) is 2. The van der Waals surface area contributed by atoms with Gasteiger partial charge in [0.05, 0.1) is 18.2 Å². The number of anilines is 1. The van der Waals surface area contributed by atoms with Crippen molar-refractivity contribution < 1.29 is 9.84 Å². The van der Waals surface area contributed by atoms with E-state index in [2.05, 4.69) is 41.3 Å². The van der Waals surface area contributed by atoms with Gasteiger partial charge in [0.15, 0.2) is 17.3 Å². The molecule has 1 unspecified atom stereocenters. The summed E-state index contributed by atoms with van der Waals surface area (Å²) >= 11 is 1.79. The van der Waals surface area contributed by atoms with Gasteiger partial charge >= 0.3 is 0 Å². The summed E-state index contributed by atoms with van der Waals surface area (Å²) < 4.78 is 5.45. The molecule has 4 rings (SSSR count). The SMILES string of the molecule is CCOc1cc(/C=N\Nc2ncnc3sc4c(c23)CC(C(C)(C)CC)CC4)ccc1O. The molecule has 1 atom stereocenters. The first-order valence-corrected chi connectivity index (χ1v) is 11.7. The highest BCUT2D eigenvalue weighted by molar-refractivity contribution is 7.19. The van der Waals surface area contributed by atoms with Crippen molar-refractivity contribution in [3.8, 4) is 11.5 Å². The summed E-state index contributed by atoms with van der Waals surface area (Å²) in [4.78, 5) is 11.5. The molecule has 2 aromatic heterocycles. The van der Waals surface area contributed by atoms with Crippen LogP contribution in [-0.4, -0.2) is 27.9 Å². The van der Waals surface area contributed by atoms with Gasteiger partial charge in [-0.2, -0.15) is 5.10 Å². The van der Waals surface area contributed by atoms with Crippen molar-refractivity contribution in [3.63, 3.8) is 0 Å². The number of hydrazone groups is 1. The van der Waals surface area contributed by atoms with Gasteiger partial charge in [0, 0.05) is 4.88 Å². The third-order valence-electron chi connectivity index (χ3n) is 6.53. The first kappa shape index (κ1) is 21.6. The Balaban J connectivity index is 1.60. The largest absolute Gasteiger partial charge is 0.504 e. The molecule has 0 radical (unpaired) electrons. The molecule has 0 aliphatic heterocycles. The topological polar surface area (TPSA) is 79.6 Å². The van der Waals surface area contributed by atoms with E-state index in [4.69, 9.17) is 4.74 Å². The minimum atomic E-state index is 0.124. The Morgan fingerprint density at radius 1 is 1.32 bits per heavy atom. The maximum absolute atomic E-state index is 9.87. The zero-order chi connectivity index (χ0) is 22.0. The highest BCUT2D eigenvalue weighted by Crippen LogP contribution is 2.45. The zero-order valence-electron chi connectivity index (χ0n) is 18.6. The third kappa shape index (κ3) is 4.37. The summed E-state index contributed by atoms with van der Waals surface area (Å²) in [6.45, 7) is 9.42. The van der Waals surface area contributed by atoms with E-state index in [0.717, 1.165) is 34.4 Å². The molecule has 2 N–H and O–H groups in total. The number of thiophene rings is 1. The minimum Gasteiger partial charge on any atom is -0.504 e. The van der Waals surface area contributed by atoms with Gasteiger partial charge in [0.1, 0.15) is 11.2 Å². The molecule has 0 bridgehead atoms. The highest BCUT2D eigenvalue weighted by atomic mass is 32.1. The van der Waals surface area contributed by atoms with Crippen LogP contribution in [0.1, 0.15) is 56.5 Å². The molecule has 6 nitrogen and oxygen atoms in total. The molecule has 0 fully saturated rings. The standard InChI is InChI=1S/C24H30N4O2S/c1-5-24(3,4)16-8-10-20-17(12-16)21-22(25-14-26-23(21)31-20)28-27-13-15-7-9-18(29)19(11-15)30-6-2/h7,9,11,13-14,16,29H,5-6,8,10,12H2,1-4H3,(H,25,26,28)/b27-13-. The molecule has 0 amide bonds. The van der Waals surface area contributed by atoms with E-state index in [1.165, 1.54) is 23.3 Å². The Labute approximate surface area is 187 Å². The van der Waals surface area contributed by atoms with E-state index in [1.807, 2.05) is 6.92 Å². The summed E-state index contributed by atoms with van der Waals surface area (Å²) in [5.41, 5.74) is 5.67. The van der Waals surface area contributed by atoms with Crippen molar-refractivity contribution in [2.45, 2.75) is 53.4 Å². The normalized spacial score (nSPS) is 16.6. The van der Waals surface area contributed by atoms with E-state index < -0.39 is 0 Å². The van der Waals surface area contributed by atoms with Crippen LogP contribution in [0.5, 0.6) is 11.5 Å². The maximum Gasteiger partial charge on any atom is 0.161 e. The molecule has 1 aromatic carbocycles. The van der Waals surface area contributed by atoms with Crippen LogP contribution in [0.2, 0.25) is 0 Å². The molecular weight excluding hydrogens is 408 g/mol. The Hall–Kier alpha value is -2.67. The van der Waals surface area contributed by atoms with Gasteiger partial charge in [0.2, 0.25) is 0 Å².